The molecule has 1 unspecified atom stereocenters. The Hall–Kier alpha value is -1.06. The predicted molar refractivity (Wildman–Crippen MR) is 68.0 cm³/mol. The van der Waals surface area contributed by atoms with Crippen LogP contribution in [0, 0.1) is 0 Å². The Morgan fingerprint density at radius 1 is 1.41 bits per heavy atom. The first kappa shape index (κ1) is 12.4. The van der Waals surface area contributed by atoms with E-state index in [9.17, 15) is 0 Å². The van der Waals surface area contributed by atoms with Crippen molar-refractivity contribution >= 4 is 0 Å². The molecule has 1 fully saturated rings. The largest absolute Gasteiger partial charge is 0.494 e. The van der Waals surface area contributed by atoms with Gasteiger partial charge in [-0.05, 0) is 43.4 Å². The average Bonchev–Trinajstić information content (AvgIpc) is 2.88. The van der Waals surface area contributed by atoms with Crippen LogP contribution in [0.2, 0.25) is 0 Å². The van der Waals surface area contributed by atoms with Crippen LogP contribution in [0.3, 0.4) is 0 Å². The summed E-state index contributed by atoms with van der Waals surface area (Å²) < 4.78 is 11.3. The van der Waals surface area contributed by atoms with Gasteiger partial charge in [0.05, 0.1) is 12.7 Å². The molecule has 2 rings (SSSR count). The van der Waals surface area contributed by atoms with Gasteiger partial charge >= 0.3 is 0 Å². The second-order valence-electron chi connectivity index (χ2n) is 4.48. The summed E-state index contributed by atoms with van der Waals surface area (Å²) in [6, 6.07) is 7.98. The van der Waals surface area contributed by atoms with Crippen LogP contribution in [0.25, 0.3) is 0 Å². The highest BCUT2D eigenvalue weighted by molar-refractivity contribution is 5.28. The summed E-state index contributed by atoms with van der Waals surface area (Å²) in [6.07, 6.45) is 5.05. The third kappa shape index (κ3) is 4.02. The summed E-state index contributed by atoms with van der Waals surface area (Å²) in [5, 5.41) is 0. The minimum atomic E-state index is 0.467. The third-order valence-electron chi connectivity index (χ3n) is 3.10. The van der Waals surface area contributed by atoms with Crippen molar-refractivity contribution in [3.63, 3.8) is 0 Å². The monoisotopic (exact) mass is 235 g/mol. The molecule has 1 atom stereocenters. The van der Waals surface area contributed by atoms with Gasteiger partial charge in [0.2, 0.25) is 0 Å². The highest BCUT2D eigenvalue weighted by Crippen LogP contribution is 2.18. The molecule has 0 saturated carbocycles. The van der Waals surface area contributed by atoms with Crippen LogP contribution in [-0.4, -0.2) is 19.3 Å². The molecule has 1 aromatic carbocycles. The third-order valence-corrected chi connectivity index (χ3v) is 3.10. The van der Waals surface area contributed by atoms with E-state index in [4.69, 9.17) is 15.2 Å². The summed E-state index contributed by atoms with van der Waals surface area (Å²) in [5.41, 5.74) is 6.70. The predicted octanol–water partition coefficient (Wildman–Crippen LogP) is 2.48. The second-order valence-corrected chi connectivity index (χ2v) is 4.48. The summed E-state index contributed by atoms with van der Waals surface area (Å²) >= 11 is 0. The first-order valence-corrected chi connectivity index (χ1v) is 6.42. The molecular formula is C14H21NO2. The molecule has 0 bridgehead atoms. The van der Waals surface area contributed by atoms with Crippen molar-refractivity contribution < 1.29 is 9.47 Å². The van der Waals surface area contributed by atoms with E-state index in [2.05, 4.69) is 0 Å². The Kier molecular flexibility index (Phi) is 4.83. The molecular weight excluding hydrogens is 214 g/mol. The standard InChI is InChI=1S/C14H21NO2/c15-11-12-4-1-5-14(10-12)17-9-3-7-13-6-2-8-16-13/h1,4-5,10,13H,2-3,6-9,11,15H2. The van der Waals surface area contributed by atoms with Gasteiger partial charge in [0, 0.05) is 13.2 Å². The number of rotatable bonds is 6. The van der Waals surface area contributed by atoms with Crippen LogP contribution in [-0.2, 0) is 11.3 Å². The molecule has 3 nitrogen and oxygen atoms in total. The fraction of sp³-hybridized carbons (Fsp3) is 0.571. The Bertz CT molecular complexity index is 335. The molecule has 1 saturated heterocycles. The molecule has 17 heavy (non-hydrogen) atoms. The Balaban J connectivity index is 1.66. The van der Waals surface area contributed by atoms with E-state index < -0.39 is 0 Å². The van der Waals surface area contributed by atoms with Crippen LogP contribution in [0.4, 0.5) is 0 Å². The van der Waals surface area contributed by atoms with Gasteiger partial charge in [-0.25, -0.2) is 0 Å². The Labute approximate surface area is 103 Å². The molecule has 1 aromatic rings. The van der Waals surface area contributed by atoms with Gasteiger partial charge in [-0.1, -0.05) is 12.1 Å². The smallest absolute Gasteiger partial charge is 0.119 e. The molecule has 2 N–H and O–H groups in total. The topological polar surface area (TPSA) is 44.5 Å². The van der Waals surface area contributed by atoms with E-state index in [1.807, 2.05) is 24.3 Å². The molecule has 0 spiro atoms. The van der Waals surface area contributed by atoms with Gasteiger partial charge in [-0.2, -0.15) is 0 Å². The van der Waals surface area contributed by atoms with Gasteiger partial charge in [-0.3, -0.25) is 0 Å². The number of nitrogens with two attached hydrogens (primary N) is 1. The SMILES string of the molecule is NCc1cccc(OCCCC2CCCO2)c1. The van der Waals surface area contributed by atoms with Gasteiger partial charge in [0.25, 0.3) is 0 Å². The highest BCUT2D eigenvalue weighted by atomic mass is 16.5. The van der Waals surface area contributed by atoms with E-state index in [1.165, 1.54) is 12.8 Å². The lowest BCUT2D eigenvalue weighted by atomic mass is 10.1. The van der Waals surface area contributed by atoms with Gasteiger partial charge in [-0.15, -0.1) is 0 Å². The van der Waals surface area contributed by atoms with Crippen LogP contribution in [0.1, 0.15) is 31.2 Å². The van der Waals surface area contributed by atoms with Gasteiger partial charge < -0.3 is 15.2 Å². The molecule has 1 heterocycles. The first-order chi connectivity index (χ1) is 8.38. The average molecular weight is 235 g/mol. The minimum absolute atomic E-state index is 0.467. The number of ether oxygens (including phenoxy) is 2. The lowest BCUT2D eigenvalue weighted by molar-refractivity contribution is 0.0981. The zero-order valence-electron chi connectivity index (χ0n) is 10.2. The van der Waals surface area contributed by atoms with E-state index in [-0.39, 0.29) is 0 Å². The van der Waals surface area contributed by atoms with Crippen molar-refractivity contribution in [2.24, 2.45) is 5.73 Å². The Morgan fingerprint density at radius 2 is 2.35 bits per heavy atom. The number of benzene rings is 1. The molecule has 1 aliphatic heterocycles. The lowest BCUT2D eigenvalue weighted by Crippen LogP contribution is -2.07. The van der Waals surface area contributed by atoms with E-state index >= 15 is 0 Å². The fourth-order valence-electron chi connectivity index (χ4n) is 2.14. The molecule has 0 radical (unpaired) electrons. The zero-order chi connectivity index (χ0) is 11.9. The van der Waals surface area contributed by atoms with E-state index in [0.29, 0.717) is 12.6 Å². The maximum absolute atomic E-state index is 5.70. The highest BCUT2D eigenvalue weighted by Gasteiger charge is 2.14. The van der Waals surface area contributed by atoms with Crippen LogP contribution in [0.5, 0.6) is 5.75 Å². The normalized spacial score (nSPS) is 19.5. The maximum Gasteiger partial charge on any atom is 0.119 e. The van der Waals surface area contributed by atoms with Crippen LogP contribution < -0.4 is 10.5 Å². The van der Waals surface area contributed by atoms with Crippen LogP contribution >= 0.6 is 0 Å². The number of hydrogen-bond acceptors (Lipinski definition) is 3. The van der Waals surface area contributed by atoms with E-state index in [0.717, 1.165) is 37.4 Å². The van der Waals surface area contributed by atoms with Crippen molar-refractivity contribution in [1.82, 2.24) is 0 Å². The first-order valence-electron chi connectivity index (χ1n) is 6.42. The quantitative estimate of drug-likeness (QED) is 0.770. The second kappa shape index (κ2) is 6.62. The molecule has 0 aromatic heterocycles. The van der Waals surface area contributed by atoms with Gasteiger partial charge in [0.1, 0.15) is 5.75 Å². The molecule has 1 aliphatic rings. The van der Waals surface area contributed by atoms with Crippen molar-refractivity contribution in [1.29, 1.82) is 0 Å². The molecule has 3 heteroatoms. The lowest BCUT2D eigenvalue weighted by Gasteiger charge is -2.10. The van der Waals surface area contributed by atoms with Crippen molar-refractivity contribution in [2.75, 3.05) is 13.2 Å². The van der Waals surface area contributed by atoms with Crippen molar-refractivity contribution in [3.8, 4) is 5.75 Å². The minimum Gasteiger partial charge on any atom is -0.494 e. The Morgan fingerprint density at radius 3 is 3.12 bits per heavy atom. The summed E-state index contributed by atoms with van der Waals surface area (Å²) in [6.45, 7) is 2.26. The summed E-state index contributed by atoms with van der Waals surface area (Å²) in [7, 11) is 0. The zero-order valence-corrected chi connectivity index (χ0v) is 10.2. The van der Waals surface area contributed by atoms with Gasteiger partial charge in [0.15, 0.2) is 0 Å². The van der Waals surface area contributed by atoms with Crippen molar-refractivity contribution in [3.05, 3.63) is 29.8 Å². The fourth-order valence-corrected chi connectivity index (χ4v) is 2.14. The van der Waals surface area contributed by atoms with Crippen molar-refractivity contribution in [2.45, 2.75) is 38.3 Å². The summed E-state index contributed by atoms with van der Waals surface area (Å²) in [5.74, 6) is 0.917. The van der Waals surface area contributed by atoms with E-state index in [1.54, 1.807) is 0 Å². The van der Waals surface area contributed by atoms with Crippen LogP contribution in [0.15, 0.2) is 24.3 Å². The number of hydrogen-bond donors (Lipinski definition) is 1. The molecule has 0 amide bonds. The molecule has 0 aliphatic carbocycles. The summed E-state index contributed by atoms with van der Waals surface area (Å²) in [4.78, 5) is 0. The molecule has 94 valence electrons. The maximum atomic E-state index is 5.70.